The maximum absolute atomic E-state index is 13.7. The fourth-order valence-corrected chi connectivity index (χ4v) is 5.83. The quantitative estimate of drug-likeness (QED) is 0.227. The minimum Gasteiger partial charge on any atom is -0.799 e. The van der Waals surface area contributed by atoms with Gasteiger partial charge in [0.2, 0.25) is 0 Å². The van der Waals surface area contributed by atoms with Crippen molar-refractivity contribution in [2.75, 3.05) is 12.3 Å². The molecule has 0 radical (unpaired) electrons. The Bertz CT molecular complexity index is 1240. The molecule has 0 spiro atoms. The van der Waals surface area contributed by atoms with Gasteiger partial charge < -0.3 is 24.5 Å². The molecule has 1 aromatic heterocycles. The van der Waals surface area contributed by atoms with Crippen LogP contribution in [-0.4, -0.2) is 34.5 Å². The molecule has 186 valence electrons. The Morgan fingerprint density at radius 3 is 2.19 bits per heavy atom. The zero-order valence-corrected chi connectivity index (χ0v) is 26.9. The number of halogens is 1. The summed E-state index contributed by atoms with van der Waals surface area (Å²) in [6.07, 6.45) is -3.04. The van der Waals surface area contributed by atoms with Gasteiger partial charge >= 0.3 is 59.1 Å². The summed E-state index contributed by atoms with van der Waals surface area (Å²) in [7, 11) is -4.10. The standard InChI is InChI=1S/C27H31FNO5P.2Na/c1-17(2)26-23(13-14-35(33,34)16-22(30)15-24(31)32)25(19-9-11-21(28)12-10-19)18(3)27(29-26)20-7-5-4-6-8-20;;/h4-12,17,22,30H,13-16H2,1-3H3,(H,31,32)(H,33,34);;/q;2*+1/p-2/t22-;;/m1../s1. The number of carbonyl (C=O) groups is 1. The summed E-state index contributed by atoms with van der Waals surface area (Å²) in [5, 5.41) is 20.5. The zero-order valence-electron chi connectivity index (χ0n) is 22.0. The van der Waals surface area contributed by atoms with Crippen LogP contribution in [-0.2, 0) is 15.8 Å². The van der Waals surface area contributed by atoms with Crippen LogP contribution in [0.4, 0.5) is 4.39 Å². The average molecular weight is 543 g/mol. The fourth-order valence-electron chi connectivity index (χ4n) is 4.31. The van der Waals surface area contributed by atoms with Crippen molar-refractivity contribution in [2.45, 2.75) is 45.6 Å². The van der Waals surface area contributed by atoms with E-state index in [4.69, 9.17) is 4.98 Å². The Labute approximate surface area is 261 Å². The molecule has 1 N–H and O–H groups in total. The van der Waals surface area contributed by atoms with Crippen LogP contribution < -0.4 is 69.1 Å². The van der Waals surface area contributed by atoms with Gasteiger partial charge in [0.05, 0.1) is 11.8 Å². The van der Waals surface area contributed by atoms with Gasteiger partial charge in [0.15, 0.2) is 0 Å². The second-order valence-electron chi connectivity index (χ2n) is 9.05. The van der Waals surface area contributed by atoms with E-state index in [0.717, 1.165) is 39.2 Å². The minimum atomic E-state index is -4.10. The van der Waals surface area contributed by atoms with Crippen LogP contribution in [0.5, 0.6) is 0 Å². The normalized spacial score (nSPS) is 13.3. The Morgan fingerprint density at radius 1 is 1.05 bits per heavy atom. The molecular weight excluding hydrogens is 514 g/mol. The molecule has 3 aromatic rings. The van der Waals surface area contributed by atoms with Crippen molar-refractivity contribution in [3.05, 3.63) is 77.2 Å². The van der Waals surface area contributed by atoms with E-state index in [1.807, 2.05) is 51.1 Å². The monoisotopic (exact) mass is 543 g/mol. The molecular formula is C27H29FNNa2O5P. The topological polar surface area (TPSA) is 113 Å². The number of rotatable bonds is 10. The predicted molar refractivity (Wildman–Crippen MR) is 131 cm³/mol. The Hall–Kier alpha value is -0.860. The zero-order chi connectivity index (χ0) is 25.8. The summed E-state index contributed by atoms with van der Waals surface area (Å²) in [5.74, 6) is -1.91. The van der Waals surface area contributed by atoms with E-state index >= 15 is 0 Å². The first-order valence-electron chi connectivity index (χ1n) is 11.5. The first-order valence-corrected chi connectivity index (χ1v) is 13.5. The molecule has 2 atom stereocenters. The largest absolute Gasteiger partial charge is 1.00 e. The van der Waals surface area contributed by atoms with Crippen molar-refractivity contribution >= 4 is 13.3 Å². The van der Waals surface area contributed by atoms with Gasteiger partial charge in [-0.1, -0.05) is 56.3 Å². The van der Waals surface area contributed by atoms with Crippen molar-refractivity contribution in [2.24, 2.45) is 0 Å². The molecule has 0 aliphatic rings. The smallest absolute Gasteiger partial charge is 0.799 e. The second-order valence-corrected chi connectivity index (χ2v) is 11.5. The third-order valence-electron chi connectivity index (χ3n) is 5.89. The number of carbonyl (C=O) groups excluding carboxylic acids is 1. The van der Waals surface area contributed by atoms with Gasteiger partial charge in [0, 0.05) is 37.2 Å². The molecule has 2 aromatic carbocycles. The van der Waals surface area contributed by atoms with Crippen LogP contribution in [0.15, 0.2) is 54.6 Å². The molecule has 1 heterocycles. The van der Waals surface area contributed by atoms with E-state index in [2.05, 4.69) is 0 Å². The fraction of sp³-hybridized carbons (Fsp3) is 0.333. The Morgan fingerprint density at radius 2 is 1.65 bits per heavy atom. The van der Waals surface area contributed by atoms with Crippen molar-refractivity contribution in [1.82, 2.24) is 4.98 Å². The number of carboxylic acids is 1. The van der Waals surface area contributed by atoms with E-state index in [1.54, 1.807) is 12.1 Å². The maximum Gasteiger partial charge on any atom is 1.00 e. The van der Waals surface area contributed by atoms with E-state index in [9.17, 15) is 28.9 Å². The third-order valence-corrected chi connectivity index (χ3v) is 7.78. The predicted octanol–water partition coefficient (Wildman–Crippen LogP) is -2.32. The molecule has 37 heavy (non-hydrogen) atoms. The number of nitrogens with zero attached hydrogens (tertiary/aromatic N) is 1. The van der Waals surface area contributed by atoms with Gasteiger partial charge in [-0.05, 0) is 59.8 Å². The molecule has 0 bridgehead atoms. The third kappa shape index (κ3) is 9.38. The van der Waals surface area contributed by atoms with Crippen LogP contribution in [0.3, 0.4) is 0 Å². The summed E-state index contributed by atoms with van der Waals surface area (Å²) >= 11 is 0. The van der Waals surface area contributed by atoms with Gasteiger partial charge in [-0.3, -0.25) is 4.98 Å². The maximum atomic E-state index is 13.7. The van der Waals surface area contributed by atoms with E-state index in [-0.39, 0.29) is 83.4 Å². The van der Waals surface area contributed by atoms with Gasteiger partial charge in [-0.15, -0.1) is 0 Å². The first kappa shape index (κ1) is 34.2. The molecule has 10 heteroatoms. The SMILES string of the molecule is Cc1c(-c2ccccc2)nc(C(C)C)c(CCP(=O)([O-])C[C@H](O)CC(=O)[O-])c1-c1ccc(F)cc1.[Na+].[Na+]. The molecule has 0 aliphatic heterocycles. The van der Waals surface area contributed by atoms with E-state index in [0.29, 0.717) is 0 Å². The number of benzene rings is 2. The van der Waals surface area contributed by atoms with Crippen molar-refractivity contribution < 1.29 is 88.0 Å². The van der Waals surface area contributed by atoms with Crippen molar-refractivity contribution in [1.29, 1.82) is 0 Å². The number of aromatic nitrogens is 1. The van der Waals surface area contributed by atoms with Crippen LogP contribution in [0, 0.1) is 12.7 Å². The Balaban J connectivity index is 0.00000342. The van der Waals surface area contributed by atoms with Gasteiger partial charge in [-0.25, -0.2) is 4.39 Å². The summed E-state index contributed by atoms with van der Waals surface area (Å²) in [6, 6.07) is 15.7. The molecule has 0 aliphatic carbocycles. The molecule has 6 nitrogen and oxygen atoms in total. The summed E-state index contributed by atoms with van der Waals surface area (Å²) in [4.78, 5) is 28.4. The summed E-state index contributed by atoms with van der Waals surface area (Å²) in [5.41, 5.74) is 5.57. The first-order chi connectivity index (χ1) is 16.5. The molecule has 1 unspecified atom stereocenters. The number of pyridine rings is 1. The van der Waals surface area contributed by atoms with Gasteiger partial charge in [0.25, 0.3) is 0 Å². The van der Waals surface area contributed by atoms with E-state index in [1.165, 1.54) is 12.1 Å². The Kier molecular flexibility index (Phi) is 13.9. The van der Waals surface area contributed by atoms with E-state index < -0.39 is 32.0 Å². The molecule has 0 amide bonds. The summed E-state index contributed by atoms with van der Waals surface area (Å²) < 4.78 is 26.4. The number of aliphatic hydroxyl groups is 1. The number of hydrogen-bond donors (Lipinski definition) is 1. The minimum absolute atomic E-state index is 0. The molecule has 3 rings (SSSR count). The number of hydrogen-bond acceptors (Lipinski definition) is 6. The van der Waals surface area contributed by atoms with Crippen molar-refractivity contribution in [3.8, 4) is 22.4 Å². The van der Waals surface area contributed by atoms with Gasteiger partial charge in [-0.2, -0.15) is 0 Å². The summed E-state index contributed by atoms with van der Waals surface area (Å²) in [6.45, 7) is 5.87. The number of carboxylic acid groups (broad SMARTS) is 1. The van der Waals surface area contributed by atoms with Crippen LogP contribution in [0.25, 0.3) is 22.4 Å². The number of aliphatic carboxylic acids is 1. The molecule has 0 fully saturated rings. The second kappa shape index (κ2) is 15.1. The van der Waals surface area contributed by atoms with Crippen LogP contribution in [0.2, 0.25) is 0 Å². The van der Waals surface area contributed by atoms with Crippen LogP contribution >= 0.6 is 7.37 Å². The molecule has 0 saturated carbocycles. The van der Waals surface area contributed by atoms with Crippen LogP contribution in [0.1, 0.15) is 43.0 Å². The number of aliphatic hydroxyl groups excluding tert-OH is 1. The average Bonchev–Trinajstić information content (AvgIpc) is 2.78. The van der Waals surface area contributed by atoms with Gasteiger partial charge in [0.1, 0.15) is 5.82 Å². The van der Waals surface area contributed by atoms with Crippen molar-refractivity contribution in [3.63, 3.8) is 0 Å². The molecule has 0 saturated heterocycles.